The van der Waals surface area contributed by atoms with E-state index < -0.39 is 0 Å². The molecule has 1 saturated carbocycles. The van der Waals surface area contributed by atoms with Gasteiger partial charge in [-0.25, -0.2) is 0 Å². The third-order valence-corrected chi connectivity index (χ3v) is 9.64. The van der Waals surface area contributed by atoms with Gasteiger partial charge in [0.1, 0.15) is 5.75 Å². The van der Waals surface area contributed by atoms with Gasteiger partial charge in [-0.15, -0.1) is 18.5 Å². The Balaban J connectivity index is 1.68. The number of ether oxygens (including phenoxy) is 1. The summed E-state index contributed by atoms with van der Waals surface area (Å²) in [6.07, 6.45) is 12.6. The van der Waals surface area contributed by atoms with Crippen LogP contribution >= 0.6 is 18.5 Å². The Morgan fingerprint density at radius 1 is 0.970 bits per heavy atom. The molecular formula is C30H46OP2. The van der Waals surface area contributed by atoms with Crippen molar-refractivity contribution in [2.75, 3.05) is 12.8 Å². The van der Waals surface area contributed by atoms with E-state index in [4.69, 9.17) is 4.74 Å². The van der Waals surface area contributed by atoms with Crippen molar-refractivity contribution in [3.05, 3.63) is 53.1 Å². The van der Waals surface area contributed by atoms with Crippen LogP contribution in [0.5, 0.6) is 5.75 Å². The second-order valence-electron chi connectivity index (χ2n) is 10.5. The van der Waals surface area contributed by atoms with Gasteiger partial charge in [0.2, 0.25) is 0 Å². The predicted molar refractivity (Wildman–Crippen MR) is 153 cm³/mol. The highest BCUT2D eigenvalue weighted by atomic mass is 31.0. The molecule has 0 N–H and O–H groups in total. The van der Waals surface area contributed by atoms with Gasteiger partial charge in [0.25, 0.3) is 0 Å². The van der Waals surface area contributed by atoms with Gasteiger partial charge in [-0.3, -0.25) is 0 Å². The molecule has 0 spiro atoms. The Morgan fingerprint density at radius 2 is 1.64 bits per heavy atom. The first kappa shape index (κ1) is 26.7. The van der Waals surface area contributed by atoms with Crippen molar-refractivity contribution in [2.45, 2.75) is 85.2 Å². The summed E-state index contributed by atoms with van der Waals surface area (Å²) >= 11 is 0. The molecule has 0 bridgehead atoms. The highest BCUT2D eigenvalue weighted by Gasteiger charge is 2.25. The van der Waals surface area contributed by atoms with Crippen molar-refractivity contribution in [1.29, 1.82) is 0 Å². The van der Waals surface area contributed by atoms with E-state index >= 15 is 0 Å². The first-order chi connectivity index (χ1) is 15.9. The molecule has 2 aromatic rings. The summed E-state index contributed by atoms with van der Waals surface area (Å²) in [5.41, 5.74) is 6.95. The molecule has 2 unspecified atom stereocenters. The molecule has 2 aromatic carbocycles. The normalized spacial score (nSPS) is 19.0. The van der Waals surface area contributed by atoms with Crippen LogP contribution < -0.4 is 4.74 Å². The van der Waals surface area contributed by atoms with Crippen molar-refractivity contribution >= 4 is 18.5 Å². The minimum atomic E-state index is 0.251. The number of rotatable bonds is 11. The van der Waals surface area contributed by atoms with Crippen LogP contribution in [0.4, 0.5) is 0 Å². The van der Waals surface area contributed by atoms with Crippen LogP contribution in [0.25, 0.3) is 11.1 Å². The third kappa shape index (κ3) is 7.05. The summed E-state index contributed by atoms with van der Waals surface area (Å²) in [6, 6.07) is 13.9. The molecule has 3 heteroatoms. The minimum absolute atomic E-state index is 0.251. The molecule has 33 heavy (non-hydrogen) atoms. The van der Waals surface area contributed by atoms with Crippen molar-refractivity contribution in [3.63, 3.8) is 0 Å². The molecule has 2 atom stereocenters. The fourth-order valence-electron chi connectivity index (χ4n) is 5.20. The SMILES string of the molecule is CCC(CC)(CP)COc1cc(C)c(-c2ccc(CCC3CCC(C)CC3)cc2)cc1CP. The van der Waals surface area contributed by atoms with Gasteiger partial charge in [-0.05, 0) is 96.7 Å². The summed E-state index contributed by atoms with van der Waals surface area (Å²) in [6.45, 7) is 9.97. The maximum absolute atomic E-state index is 6.43. The van der Waals surface area contributed by atoms with Crippen LogP contribution in [-0.2, 0) is 12.6 Å². The number of benzene rings is 2. The summed E-state index contributed by atoms with van der Waals surface area (Å²) in [4.78, 5) is 0. The van der Waals surface area contributed by atoms with Crippen LogP contribution in [0.2, 0.25) is 0 Å². The number of aryl methyl sites for hydroxylation is 2. The molecule has 1 nitrogen and oxygen atoms in total. The number of hydrogen-bond donors (Lipinski definition) is 0. The molecule has 182 valence electrons. The quantitative estimate of drug-likeness (QED) is 0.289. The topological polar surface area (TPSA) is 9.23 Å². The maximum Gasteiger partial charge on any atom is 0.123 e. The van der Waals surface area contributed by atoms with E-state index in [-0.39, 0.29) is 5.41 Å². The van der Waals surface area contributed by atoms with E-state index in [1.54, 1.807) is 0 Å². The highest BCUT2D eigenvalue weighted by Crippen LogP contribution is 2.36. The van der Waals surface area contributed by atoms with Gasteiger partial charge in [-0.1, -0.05) is 70.7 Å². The van der Waals surface area contributed by atoms with E-state index in [1.165, 1.54) is 66.3 Å². The second kappa shape index (κ2) is 12.7. The molecule has 1 fully saturated rings. The molecule has 0 aliphatic heterocycles. The maximum atomic E-state index is 6.43. The molecule has 3 rings (SSSR count). The first-order valence-electron chi connectivity index (χ1n) is 13.2. The second-order valence-corrected chi connectivity index (χ2v) is 11.4. The zero-order valence-electron chi connectivity index (χ0n) is 21.5. The zero-order chi connectivity index (χ0) is 23.8. The van der Waals surface area contributed by atoms with Gasteiger partial charge < -0.3 is 4.74 Å². The average Bonchev–Trinajstić information content (AvgIpc) is 2.85. The Morgan fingerprint density at radius 3 is 2.21 bits per heavy atom. The van der Waals surface area contributed by atoms with E-state index in [0.29, 0.717) is 0 Å². The van der Waals surface area contributed by atoms with E-state index in [2.05, 4.69) is 82.6 Å². The molecule has 1 aliphatic carbocycles. The Labute approximate surface area is 208 Å². The fraction of sp³-hybridized carbons (Fsp3) is 0.600. The van der Waals surface area contributed by atoms with Crippen molar-refractivity contribution in [3.8, 4) is 16.9 Å². The van der Waals surface area contributed by atoms with Crippen LogP contribution in [0.3, 0.4) is 0 Å². The monoisotopic (exact) mass is 484 g/mol. The number of hydrogen-bond acceptors (Lipinski definition) is 1. The Bertz CT molecular complexity index is 853. The lowest BCUT2D eigenvalue weighted by atomic mass is 9.80. The van der Waals surface area contributed by atoms with Gasteiger partial charge in [0.05, 0.1) is 6.61 Å². The van der Waals surface area contributed by atoms with Crippen molar-refractivity contribution in [1.82, 2.24) is 0 Å². The van der Waals surface area contributed by atoms with Crippen LogP contribution in [0.1, 0.15) is 82.4 Å². The smallest absolute Gasteiger partial charge is 0.123 e. The van der Waals surface area contributed by atoms with Crippen LogP contribution in [0.15, 0.2) is 36.4 Å². The lowest BCUT2D eigenvalue weighted by Gasteiger charge is -2.30. The van der Waals surface area contributed by atoms with E-state index in [1.807, 2.05) is 0 Å². The predicted octanol–water partition coefficient (Wildman–Crippen LogP) is 8.86. The zero-order valence-corrected chi connectivity index (χ0v) is 23.8. The molecule has 0 saturated heterocycles. The van der Waals surface area contributed by atoms with Gasteiger partial charge in [0.15, 0.2) is 0 Å². The molecule has 0 radical (unpaired) electrons. The minimum Gasteiger partial charge on any atom is -0.493 e. The molecule has 0 aromatic heterocycles. The summed E-state index contributed by atoms with van der Waals surface area (Å²) in [5, 5.41) is 0. The fourth-order valence-corrected chi connectivity index (χ4v) is 6.22. The summed E-state index contributed by atoms with van der Waals surface area (Å²) in [5.74, 6) is 2.93. The van der Waals surface area contributed by atoms with Crippen LogP contribution in [0, 0.1) is 24.2 Å². The summed E-state index contributed by atoms with van der Waals surface area (Å²) in [7, 11) is 5.81. The molecule has 0 amide bonds. The van der Waals surface area contributed by atoms with Crippen molar-refractivity contribution < 1.29 is 4.74 Å². The van der Waals surface area contributed by atoms with Crippen LogP contribution in [-0.4, -0.2) is 12.8 Å². The van der Waals surface area contributed by atoms with E-state index in [0.717, 1.165) is 49.4 Å². The van der Waals surface area contributed by atoms with Gasteiger partial charge in [-0.2, -0.15) is 0 Å². The summed E-state index contributed by atoms with van der Waals surface area (Å²) < 4.78 is 6.43. The van der Waals surface area contributed by atoms with E-state index in [9.17, 15) is 0 Å². The standard InChI is InChI=1S/C30H46OP2/c1-5-30(6-2,21-33)20-31-29-17-23(4)28(18-27(29)19-32)26-15-13-25(14-16-26)12-11-24-9-7-22(3)8-10-24/h13-18,22,24H,5-12,19-21,32-33H2,1-4H3. The Hall–Kier alpha value is -0.900. The van der Waals surface area contributed by atoms with Crippen molar-refractivity contribution in [2.24, 2.45) is 17.3 Å². The highest BCUT2D eigenvalue weighted by molar-refractivity contribution is 7.16. The molecular weight excluding hydrogens is 438 g/mol. The first-order valence-corrected chi connectivity index (χ1v) is 14.8. The van der Waals surface area contributed by atoms with Gasteiger partial charge in [0, 0.05) is 5.41 Å². The lowest BCUT2D eigenvalue weighted by Crippen LogP contribution is -2.29. The lowest BCUT2D eigenvalue weighted by molar-refractivity contribution is 0.155. The Kier molecular flexibility index (Phi) is 10.3. The average molecular weight is 485 g/mol. The van der Waals surface area contributed by atoms with Gasteiger partial charge >= 0.3 is 0 Å². The largest absolute Gasteiger partial charge is 0.493 e. The third-order valence-electron chi connectivity index (χ3n) is 8.34. The molecule has 0 heterocycles. The molecule has 1 aliphatic rings.